The summed E-state index contributed by atoms with van der Waals surface area (Å²) in [5.74, 6) is -0.444. The molecule has 5 heteroatoms. The summed E-state index contributed by atoms with van der Waals surface area (Å²) in [6, 6.07) is 12.0. The van der Waals surface area contributed by atoms with E-state index in [1.54, 1.807) is 0 Å². The summed E-state index contributed by atoms with van der Waals surface area (Å²) in [6.07, 6.45) is -2.97. The predicted octanol–water partition coefficient (Wildman–Crippen LogP) is 6.33. The summed E-state index contributed by atoms with van der Waals surface area (Å²) >= 11 is 4.44. The van der Waals surface area contributed by atoms with Crippen molar-refractivity contribution in [3.8, 4) is 5.75 Å². The molecule has 0 bridgehead atoms. The molecule has 130 valence electrons. The molecule has 0 N–H and O–H groups in total. The van der Waals surface area contributed by atoms with Gasteiger partial charge in [0.1, 0.15) is 5.75 Å². The van der Waals surface area contributed by atoms with E-state index in [4.69, 9.17) is 4.74 Å². The minimum absolute atomic E-state index is 0.127. The Morgan fingerprint density at radius 3 is 2.25 bits per heavy atom. The molecule has 24 heavy (non-hydrogen) atoms. The van der Waals surface area contributed by atoms with Crippen molar-refractivity contribution in [2.24, 2.45) is 5.92 Å². The van der Waals surface area contributed by atoms with Gasteiger partial charge >= 0.3 is 6.18 Å². The van der Waals surface area contributed by atoms with Crippen LogP contribution in [0.1, 0.15) is 43.4 Å². The molecule has 1 unspecified atom stereocenters. The van der Waals surface area contributed by atoms with Gasteiger partial charge in [0.15, 0.2) is 0 Å². The Morgan fingerprint density at radius 2 is 1.62 bits per heavy atom. The molecule has 1 aliphatic rings. The zero-order valence-electron chi connectivity index (χ0n) is 13.5. The van der Waals surface area contributed by atoms with Gasteiger partial charge in [0.25, 0.3) is 0 Å². The Bertz CT molecular complexity index is 703. The average molecular weight is 354 g/mol. The van der Waals surface area contributed by atoms with Crippen LogP contribution in [-0.4, -0.2) is 12.3 Å². The molecule has 0 aliphatic heterocycles. The van der Waals surface area contributed by atoms with Crippen LogP contribution in [0, 0.1) is 5.92 Å². The number of thiol groups is 1. The summed E-state index contributed by atoms with van der Waals surface area (Å²) in [7, 11) is 0. The molecule has 0 aromatic heterocycles. The van der Waals surface area contributed by atoms with E-state index in [0.717, 1.165) is 22.1 Å². The Hall–Kier alpha value is -1.36. The van der Waals surface area contributed by atoms with E-state index < -0.39 is 12.1 Å². The Kier molecular flexibility index (Phi) is 5.00. The lowest BCUT2D eigenvalue weighted by molar-refractivity contribution is -0.185. The van der Waals surface area contributed by atoms with Gasteiger partial charge in [-0.1, -0.05) is 24.3 Å². The molecule has 0 saturated heterocycles. The molecule has 0 heterocycles. The minimum atomic E-state index is -4.07. The highest BCUT2D eigenvalue weighted by atomic mass is 32.1. The Morgan fingerprint density at radius 1 is 1.00 bits per heavy atom. The van der Waals surface area contributed by atoms with E-state index in [-0.39, 0.29) is 24.2 Å². The molecule has 1 atom stereocenters. The van der Waals surface area contributed by atoms with Gasteiger partial charge in [-0.2, -0.15) is 25.8 Å². The first-order valence-corrected chi connectivity index (χ1v) is 8.80. The van der Waals surface area contributed by atoms with Crippen molar-refractivity contribution in [1.82, 2.24) is 0 Å². The molecule has 0 amide bonds. The second kappa shape index (κ2) is 6.87. The Labute approximate surface area is 145 Å². The number of alkyl halides is 3. The van der Waals surface area contributed by atoms with Gasteiger partial charge < -0.3 is 4.74 Å². The molecule has 1 fully saturated rings. The number of benzene rings is 2. The van der Waals surface area contributed by atoms with Crippen molar-refractivity contribution in [1.29, 1.82) is 0 Å². The van der Waals surface area contributed by atoms with E-state index in [1.807, 2.05) is 37.3 Å². The SMILES string of the molecule is CC(S)c1ccc2cc(OC3CCC(C(F)(F)F)CC3)ccc2c1. The van der Waals surface area contributed by atoms with E-state index in [0.29, 0.717) is 12.8 Å². The lowest BCUT2D eigenvalue weighted by Crippen LogP contribution is -2.31. The van der Waals surface area contributed by atoms with Crippen molar-refractivity contribution in [3.05, 3.63) is 42.0 Å². The zero-order chi connectivity index (χ0) is 17.3. The summed E-state index contributed by atoms with van der Waals surface area (Å²) in [5, 5.41) is 2.35. The van der Waals surface area contributed by atoms with Crippen LogP contribution in [0.15, 0.2) is 36.4 Å². The van der Waals surface area contributed by atoms with Gasteiger partial charge in [0.05, 0.1) is 12.0 Å². The third-order valence-corrected chi connectivity index (χ3v) is 5.06. The van der Waals surface area contributed by atoms with Gasteiger partial charge in [-0.15, -0.1) is 0 Å². The third-order valence-electron chi connectivity index (χ3n) is 4.76. The fourth-order valence-corrected chi connectivity index (χ4v) is 3.44. The van der Waals surface area contributed by atoms with Crippen molar-refractivity contribution in [2.45, 2.75) is 50.1 Å². The van der Waals surface area contributed by atoms with E-state index in [2.05, 4.69) is 18.7 Å². The van der Waals surface area contributed by atoms with E-state index in [9.17, 15) is 13.2 Å². The average Bonchev–Trinajstić information content (AvgIpc) is 2.54. The van der Waals surface area contributed by atoms with Gasteiger partial charge in [-0.25, -0.2) is 0 Å². The normalized spacial score (nSPS) is 23.2. The second-order valence-electron chi connectivity index (χ2n) is 6.58. The first-order chi connectivity index (χ1) is 11.3. The minimum Gasteiger partial charge on any atom is -0.490 e. The van der Waals surface area contributed by atoms with E-state index in [1.165, 1.54) is 0 Å². The molecular weight excluding hydrogens is 333 g/mol. The third kappa shape index (κ3) is 4.00. The highest BCUT2D eigenvalue weighted by molar-refractivity contribution is 7.80. The summed E-state index contributed by atoms with van der Waals surface area (Å²) in [5.41, 5.74) is 1.16. The molecule has 0 spiro atoms. The molecule has 2 aromatic rings. The highest BCUT2D eigenvalue weighted by Crippen LogP contribution is 2.38. The second-order valence-corrected chi connectivity index (χ2v) is 7.35. The van der Waals surface area contributed by atoms with Crippen LogP contribution in [0.3, 0.4) is 0 Å². The quantitative estimate of drug-likeness (QED) is 0.634. The lowest BCUT2D eigenvalue weighted by Gasteiger charge is -2.30. The summed E-state index contributed by atoms with van der Waals surface area (Å²) < 4.78 is 44.1. The number of halogens is 3. The molecule has 3 rings (SSSR count). The molecular formula is C19H21F3OS. The molecule has 1 nitrogen and oxygen atoms in total. The zero-order valence-corrected chi connectivity index (χ0v) is 14.4. The maximum atomic E-state index is 12.7. The number of ether oxygens (including phenoxy) is 1. The largest absolute Gasteiger partial charge is 0.490 e. The van der Waals surface area contributed by atoms with Gasteiger partial charge in [-0.05, 0) is 61.1 Å². The number of hydrogen-bond acceptors (Lipinski definition) is 2. The van der Waals surface area contributed by atoms with Gasteiger partial charge in [0, 0.05) is 5.25 Å². The van der Waals surface area contributed by atoms with Crippen molar-refractivity contribution >= 4 is 23.4 Å². The maximum absolute atomic E-state index is 12.7. The fourth-order valence-electron chi connectivity index (χ4n) is 3.28. The smallest absolute Gasteiger partial charge is 0.391 e. The molecule has 0 radical (unpaired) electrons. The first-order valence-electron chi connectivity index (χ1n) is 8.28. The van der Waals surface area contributed by atoms with Crippen LogP contribution in [-0.2, 0) is 0 Å². The van der Waals surface area contributed by atoms with E-state index >= 15 is 0 Å². The van der Waals surface area contributed by atoms with Gasteiger partial charge in [0.2, 0.25) is 0 Å². The maximum Gasteiger partial charge on any atom is 0.391 e. The monoisotopic (exact) mass is 354 g/mol. The van der Waals surface area contributed by atoms with Crippen molar-refractivity contribution in [3.63, 3.8) is 0 Å². The van der Waals surface area contributed by atoms with Crippen molar-refractivity contribution < 1.29 is 17.9 Å². The van der Waals surface area contributed by atoms with Crippen LogP contribution in [0.2, 0.25) is 0 Å². The summed E-state index contributed by atoms with van der Waals surface area (Å²) in [4.78, 5) is 0. The van der Waals surface area contributed by atoms with Crippen LogP contribution < -0.4 is 4.74 Å². The number of fused-ring (bicyclic) bond motifs is 1. The Balaban J connectivity index is 1.67. The lowest BCUT2D eigenvalue weighted by atomic mass is 9.87. The predicted molar refractivity (Wildman–Crippen MR) is 93.8 cm³/mol. The molecule has 1 saturated carbocycles. The fraction of sp³-hybridized carbons (Fsp3) is 0.474. The number of rotatable bonds is 3. The molecule has 1 aliphatic carbocycles. The van der Waals surface area contributed by atoms with Crippen LogP contribution in [0.25, 0.3) is 10.8 Å². The highest BCUT2D eigenvalue weighted by Gasteiger charge is 2.41. The topological polar surface area (TPSA) is 9.23 Å². The number of hydrogen-bond donors (Lipinski definition) is 1. The van der Waals surface area contributed by atoms with Gasteiger partial charge in [-0.3, -0.25) is 0 Å². The summed E-state index contributed by atoms with van der Waals surface area (Å²) in [6.45, 7) is 2.03. The van der Waals surface area contributed by atoms with Crippen LogP contribution in [0.4, 0.5) is 13.2 Å². The first kappa shape index (κ1) is 17.5. The molecule has 2 aromatic carbocycles. The van der Waals surface area contributed by atoms with Crippen LogP contribution in [0.5, 0.6) is 5.75 Å². The van der Waals surface area contributed by atoms with Crippen molar-refractivity contribution in [2.75, 3.05) is 0 Å². The van der Waals surface area contributed by atoms with Crippen LogP contribution >= 0.6 is 12.6 Å². The standard InChI is InChI=1S/C19H21F3OS/c1-12(24)13-2-3-15-11-18(7-4-14(15)10-13)23-17-8-5-16(6-9-17)19(20,21)22/h2-4,7,10-12,16-17,24H,5-6,8-9H2,1H3.